The van der Waals surface area contributed by atoms with Crippen LogP contribution in [0.1, 0.15) is 0 Å². The Hall–Kier alpha value is -1.24. The maximum atomic E-state index is 4.53. The molecule has 0 amide bonds. The fraction of sp³-hybridized carbons (Fsp3) is 0. The zero-order chi connectivity index (χ0) is 13.9. The van der Waals surface area contributed by atoms with E-state index >= 15 is 0 Å². The van der Waals surface area contributed by atoms with Crippen LogP contribution in [0.2, 0.25) is 0 Å². The van der Waals surface area contributed by atoms with Gasteiger partial charge in [0.25, 0.3) is 0 Å². The standard InChI is InChI=1S/C14H9Br2N3S/c15-9-2-1-3-10(8-9)18-14-17-7-6-11(19-14)12-4-5-13(16)20-12/h1-8H,(H,17,18,19). The van der Waals surface area contributed by atoms with Crippen LogP contribution in [0.4, 0.5) is 11.6 Å². The van der Waals surface area contributed by atoms with E-state index in [4.69, 9.17) is 0 Å². The quantitative estimate of drug-likeness (QED) is 0.621. The zero-order valence-electron chi connectivity index (χ0n) is 10.2. The molecular weight excluding hydrogens is 402 g/mol. The predicted molar refractivity (Wildman–Crippen MR) is 90.5 cm³/mol. The molecule has 0 radical (unpaired) electrons. The van der Waals surface area contributed by atoms with Gasteiger partial charge in [-0.1, -0.05) is 22.0 Å². The van der Waals surface area contributed by atoms with Crippen LogP contribution >= 0.6 is 43.2 Å². The predicted octanol–water partition coefficient (Wildman–Crippen LogP) is 5.47. The van der Waals surface area contributed by atoms with Crippen LogP contribution in [0.25, 0.3) is 10.6 Å². The number of hydrogen-bond acceptors (Lipinski definition) is 4. The molecule has 0 atom stereocenters. The molecule has 0 fully saturated rings. The van der Waals surface area contributed by atoms with Crippen molar-refractivity contribution in [3.63, 3.8) is 0 Å². The van der Waals surface area contributed by atoms with Crippen LogP contribution in [0.15, 0.2) is 56.9 Å². The molecule has 2 aromatic heterocycles. The molecule has 6 heteroatoms. The smallest absolute Gasteiger partial charge is 0.227 e. The van der Waals surface area contributed by atoms with Crippen molar-refractivity contribution < 1.29 is 0 Å². The van der Waals surface area contributed by atoms with Gasteiger partial charge in [-0.2, -0.15) is 0 Å². The van der Waals surface area contributed by atoms with E-state index in [-0.39, 0.29) is 0 Å². The highest BCUT2D eigenvalue weighted by Crippen LogP contribution is 2.30. The van der Waals surface area contributed by atoms with E-state index in [0.717, 1.165) is 24.5 Å². The largest absolute Gasteiger partial charge is 0.324 e. The van der Waals surface area contributed by atoms with Gasteiger partial charge in [-0.3, -0.25) is 0 Å². The second-order valence-corrected chi connectivity index (χ2v) is 7.38. The van der Waals surface area contributed by atoms with E-state index in [9.17, 15) is 0 Å². The molecule has 3 nitrogen and oxygen atoms in total. The number of nitrogens with zero attached hydrogens (tertiary/aromatic N) is 2. The molecular formula is C14H9Br2N3S. The first kappa shape index (κ1) is 13.7. The normalized spacial score (nSPS) is 10.5. The van der Waals surface area contributed by atoms with E-state index < -0.39 is 0 Å². The van der Waals surface area contributed by atoms with Gasteiger partial charge in [0, 0.05) is 16.4 Å². The summed E-state index contributed by atoms with van der Waals surface area (Å²) in [5, 5.41) is 3.20. The summed E-state index contributed by atoms with van der Waals surface area (Å²) < 4.78 is 2.11. The fourth-order valence-electron chi connectivity index (χ4n) is 1.70. The Morgan fingerprint density at radius 2 is 1.95 bits per heavy atom. The van der Waals surface area contributed by atoms with E-state index in [1.807, 2.05) is 42.5 Å². The van der Waals surface area contributed by atoms with Crippen LogP contribution in [-0.4, -0.2) is 9.97 Å². The van der Waals surface area contributed by atoms with Gasteiger partial charge in [-0.05, 0) is 52.3 Å². The van der Waals surface area contributed by atoms with Crippen molar-refractivity contribution in [2.75, 3.05) is 5.32 Å². The molecule has 0 aliphatic rings. The van der Waals surface area contributed by atoms with E-state index in [0.29, 0.717) is 5.95 Å². The summed E-state index contributed by atoms with van der Waals surface area (Å²) in [4.78, 5) is 9.89. The summed E-state index contributed by atoms with van der Waals surface area (Å²) in [6.45, 7) is 0. The molecule has 0 spiro atoms. The van der Waals surface area contributed by atoms with Crippen molar-refractivity contribution >= 4 is 54.8 Å². The number of thiophene rings is 1. The molecule has 3 rings (SSSR count). The van der Waals surface area contributed by atoms with E-state index in [1.165, 1.54) is 0 Å². The summed E-state index contributed by atoms with van der Waals surface area (Å²) >= 11 is 8.56. The first-order valence-electron chi connectivity index (χ1n) is 5.82. The lowest BCUT2D eigenvalue weighted by Crippen LogP contribution is -1.97. The van der Waals surface area contributed by atoms with Crippen molar-refractivity contribution in [3.05, 3.63) is 56.9 Å². The van der Waals surface area contributed by atoms with Crippen LogP contribution in [0, 0.1) is 0 Å². The second-order valence-electron chi connectivity index (χ2n) is 4.00. The minimum absolute atomic E-state index is 0.588. The fourth-order valence-corrected chi connectivity index (χ4v) is 3.46. The number of nitrogens with one attached hydrogen (secondary N) is 1. The number of benzene rings is 1. The number of aromatic nitrogens is 2. The van der Waals surface area contributed by atoms with Crippen LogP contribution in [-0.2, 0) is 0 Å². The Morgan fingerprint density at radius 3 is 2.70 bits per heavy atom. The first-order valence-corrected chi connectivity index (χ1v) is 8.22. The van der Waals surface area contributed by atoms with Gasteiger partial charge in [0.2, 0.25) is 5.95 Å². The van der Waals surface area contributed by atoms with Crippen molar-refractivity contribution in [3.8, 4) is 10.6 Å². The van der Waals surface area contributed by atoms with Gasteiger partial charge >= 0.3 is 0 Å². The SMILES string of the molecule is Brc1cccc(Nc2nccc(-c3ccc(Br)s3)n2)c1. The number of rotatable bonds is 3. The summed E-state index contributed by atoms with van der Waals surface area (Å²) in [6.07, 6.45) is 1.76. The average molecular weight is 411 g/mol. The van der Waals surface area contributed by atoms with Gasteiger partial charge in [-0.15, -0.1) is 11.3 Å². The minimum Gasteiger partial charge on any atom is -0.324 e. The lowest BCUT2D eigenvalue weighted by atomic mass is 10.3. The van der Waals surface area contributed by atoms with Crippen molar-refractivity contribution in [1.29, 1.82) is 0 Å². The number of anilines is 2. The van der Waals surface area contributed by atoms with Crippen molar-refractivity contribution in [1.82, 2.24) is 9.97 Å². The molecule has 100 valence electrons. The monoisotopic (exact) mass is 409 g/mol. The molecule has 20 heavy (non-hydrogen) atoms. The lowest BCUT2D eigenvalue weighted by molar-refractivity contribution is 1.17. The lowest BCUT2D eigenvalue weighted by Gasteiger charge is -2.06. The Labute approximate surface area is 137 Å². The summed E-state index contributed by atoms with van der Waals surface area (Å²) in [6, 6.07) is 13.9. The van der Waals surface area contributed by atoms with Crippen molar-refractivity contribution in [2.45, 2.75) is 0 Å². The minimum atomic E-state index is 0.588. The van der Waals surface area contributed by atoms with Gasteiger partial charge in [-0.25, -0.2) is 9.97 Å². The Balaban J connectivity index is 1.88. The molecule has 0 saturated carbocycles. The van der Waals surface area contributed by atoms with Crippen LogP contribution in [0.5, 0.6) is 0 Å². The Kier molecular flexibility index (Phi) is 4.14. The average Bonchev–Trinajstić information content (AvgIpc) is 2.86. The summed E-state index contributed by atoms with van der Waals surface area (Å²) in [5.74, 6) is 0.588. The third-order valence-corrected chi connectivity index (χ3v) is 4.70. The van der Waals surface area contributed by atoms with Crippen LogP contribution < -0.4 is 5.32 Å². The molecule has 0 bridgehead atoms. The summed E-state index contributed by atoms with van der Waals surface area (Å²) in [7, 11) is 0. The van der Waals surface area contributed by atoms with Crippen molar-refractivity contribution in [2.24, 2.45) is 0 Å². The van der Waals surface area contributed by atoms with Crippen LogP contribution in [0.3, 0.4) is 0 Å². The molecule has 0 saturated heterocycles. The Morgan fingerprint density at radius 1 is 1.05 bits per heavy atom. The van der Waals surface area contributed by atoms with E-state index in [2.05, 4.69) is 47.1 Å². The molecule has 1 N–H and O–H groups in total. The molecule has 0 unspecified atom stereocenters. The maximum absolute atomic E-state index is 4.53. The number of hydrogen-bond donors (Lipinski definition) is 1. The second kappa shape index (κ2) is 6.03. The van der Waals surface area contributed by atoms with Gasteiger partial charge < -0.3 is 5.32 Å². The third-order valence-electron chi connectivity index (χ3n) is 2.56. The maximum Gasteiger partial charge on any atom is 0.227 e. The topological polar surface area (TPSA) is 37.8 Å². The highest BCUT2D eigenvalue weighted by Gasteiger charge is 2.05. The molecule has 3 aromatic rings. The molecule has 0 aliphatic heterocycles. The summed E-state index contributed by atoms with van der Waals surface area (Å²) in [5.41, 5.74) is 1.86. The van der Waals surface area contributed by atoms with Gasteiger partial charge in [0.1, 0.15) is 0 Å². The molecule has 0 aliphatic carbocycles. The zero-order valence-corrected chi connectivity index (χ0v) is 14.2. The number of halogens is 2. The van der Waals surface area contributed by atoms with Gasteiger partial charge in [0.05, 0.1) is 14.4 Å². The first-order chi connectivity index (χ1) is 9.70. The highest BCUT2D eigenvalue weighted by atomic mass is 79.9. The third kappa shape index (κ3) is 3.26. The molecule has 1 aromatic carbocycles. The van der Waals surface area contributed by atoms with Gasteiger partial charge in [0.15, 0.2) is 0 Å². The highest BCUT2D eigenvalue weighted by molar-refractivity contribution is 9.11. The van der Waals surface area contributed by atoms with E-state index in [1.54, 1.807) is 17.5 Å². The molecule has 2 heterocycles. The Bertz CT molecular complexity index is 743.